The molecule has 0 saturated carbocycles. The number of thiophene rings is 1. The van der Waals surface area contributed by atoms with Gasteiger partial charge in [-0.1, -0.05) is 0 Å². The third-order valence-corrected chi connectivity index (χ3v) is 3.48. The van der Waals surface area contributed by atoms with Crippen molar-refractivity contribution >= 4 is 55.1 Å². The van der Waals surface area contributed by atoms with Gasteiger partial charge in [0.2, 0.25) is 0 Å². The zero-order valence-corrected chi connectivity index (χ0v) is 10.1. The van der Waals surface area contributed by atoms with E-state index in [4.69, 9.17) is 5.73 Å². The van der Waals surface area contributed by atoms with Crippen LogP contribution >= 0.6 is 43.2 Å². The number of carbonyl (C=O) groups excluding carboxylic acids is 2. The quantitative estimate of drug-likeness (QED) is 0.829. The highest BCUT2D eigenvalue weighted by molar-refractivity contribution is 9.12. The van der Waals surface area contributed by atoms with Crippen LogP contribution in [0.2, 0.25) is 0 Å². The summed E-state index contributed by atoms with van der Waals surface area (Å²) in [5.74, 6) is -0.513. The predicted octanol–water partition coefficient (Wildman–Crippen LogP) is 2.08. The Morgan fingerprint density at radius 1 is 1.46 bits per heavy atom. The number of primary amides is 1. The Balaban J connectivity index is 2.88. The monoisotopic (exact) mass is 326 g/mol. The van der Waals surface area contributed by atoms with Crippen LogP contribution in [0.3, 0.4) is 0 Å². The van der Waals surface area contributed by atoms with Crippen LogP contribution in [0.4, 0.5) is 4.79 Å². The molecule has 1 heterocycles. The number of carbonyl (C=O) groups is 2. The molecule has 0 saturated heterocycles. The Bertz CT molecular complexity index is 364. The van der Waals surface area contributed by atoms with Gasteiger partial charge in [-0.25, -0.2) is 4.79 Å². The minimum Gasteiger partial charge on any atom is -0.351 e. The highest BCUT2D eigenvalue weighted by atomic mass is 79.9. The first-order valence-electron chi connectivity index (χ1n) is 3.06. The van der Waals surface area contributed by atoms with Gasteiger partial charge in [0.15, 0.2) is 0 Å². The maximum atomic E-state index is 11.2. The maximum absolute atomic E-state index is 11.2. The highest BCUT2D eigenvalue weighted by Gasteiger charge is 2.14. The average Bonchev–Trinajstić information content (AvgIpc) is 2.28. The molecule has 1 aromatic rings. The molecule has 3 N–H and O–H groups in total. The predicted molar refractivity (Wildman–Crippen MR) is 56.8 cm³/mol. The van der Waals surface area contributed by atoms with Gasteiger partial charge in [0.1, 0.15) is 0 Å². The molecule has 0 unspecified atom stereocenters. The summed E-state index contributed by atoms with van der Waals surface area (Å²) in [5.41, 5.74) is 5.18. The van der Waals surface area contributed by atoms with Crippen LogP contribution in [0.1, 0.15) is 10.4 Å². The molecule has 1 rings (SSSR count). The number of amides is 3. The molecule has 0 aromatic carbocycles. The summed E-state index contributed by atoms with van der Waals surface area (Å²) in [6.07, 6.45) is 0. The maximum Gasteiger partial charge on any atom is 0.319 e. The second-order valence-corrected chi connectivity index (χ2v) is 5.81. The lowest BCUT2D eigenvalue weighted by molar-refractivity contribution is 0.0966. The number of halogens is 2. The number of rotatable bonds is 1. The van der Waals surface area contributed by atoms with Crippen molar-refractivity contribution in [1.82, 2.24) is 5.32 Å². The Kier molecular flexibility index (Phi) is 3.46. The fraction of sp³-hybridized carbons (Fsp3) is 0. The van der Waals surface area contributed by atoms with E-state index in [1.807, 2.05) is 5.32 Å². The van der Waals surface area contributed by atoms with Crippen molar-refractivity contribution in [3.8, 4) is 0 Å². The van der Waals surface area contributed by atoms with Crippen LogP contribution < -0.4 is 11.1 Å². The summed E-state index contributed by atoms with van der Waals surface area (Å²) in [7, 11) is 0. The van der Waals surface area contributed by atoms with Crippen molar-refractivity contribution in [3.05, 3.63) is 19.2 Å². The van der Waals surface area contributed by atoms with E-state index in [0.717, 1.165) is 3.79 Å². The average molecular weight is 328 g/mol. The number of nitrogens with one attached hydrogen (secondary N) is 1. The fourth-order valence-corrected chi connectivity index (χ4v) is 3.47. The Morgan fingerprint density at radius 3 is 2.46 bits per heavy atom. The van der Waals surface area contributed by atoms with E-state index in [2.05, 4.69) is 31.9 Å². The van der Waals surface area contributed by atoms with E-state index < -0.39 is 11.9 Å². The molecule has 0 bridgehead atoms. The van der Waals surface area contributed by atoms with Crippen LogP contribution in [0.25, 0.3) is 0 Å². The first-order chi connectivity index (χ1) is 6.00. The minimum absolute atomic E-state index is 0.385. The van der Waals surface area contributed by atoms with Gasteiger partial charge in [-0.2, -0.15) is 0 Å². The summed E-state index contributed by atoms with van der Waals surface area (Å²) in [6.45, 7) is 0. The molecular weight excluding hydrogens is 324 g/mol. The molecule has 7 heteroatoms. The van der Waals surface area contributed by atoms with Crippen LogP contribution in [-0.4, -0.2) is 11.9 Å². The summed E-state index contributed by atoms with van der Waals surface area (Å²) >= 11 is 7.74. The van der Waals surface area contributed by atoms with E-state index in [9.17, 15) is 9.59 Å². The minimum atomic E-state index is -0.862. The van der Waals surface area contributed by atoms with Gasteiger partial charge in [-0.3, -0.25) is 10.1 Å². The topological polar surface area (TPSA) is 72.2 Å². The Morgan fingerprint density at radius 2 is 2.08 bits per heavy atom. The molecule has 0 spiro atoms. The van der Waals surface area contributed by atoms with Gasteiger partial charge < -0.3 is 5.73 Å². The first-order valence-corrected chi connectivity index (χ1v) is 5.46. The van der Waals surface area contributed by atoms with E-state index in [1.165, 1.54) is 11.3 Å². The zero-order chi connectivity index (χ0) is 10.0. The summed E-state index contributed by atoms with van der Waals surface area (Å²) in [5, 5.41) is 1.97. The normalized spacial score (nSPS) is 9.69. The van der Waals surface area contributed by atoms with Gasteiger partial charge in [0.05, 0.1) is 13.1 Å². The van der Waals surface area contributed by atoms with Gasteiger partial charge in [0.25, 0.3) is 5.91 Å². The lowest BCUT2D eigenvalue weighted by Gasteiger charge is -1.97. The second kappa shape index (κ2) is 4.21. The third-order valence-electron chi connectivity index (χ3n) is 1.14. The molecule has 0 radical (unpaired) electrons. The molecule has 3 amide bonds. The number of imide groups is 1. The molecule has 4 nitrogen and oxygen atoms in total. The van der Waals surface area contributed by atoms with E-state index >= 15 is 0 Å². The fourth-order valence-electron chi connectivity index (χ4n) is 0.674. The van der Waals surface area contributed by atoms with Crippen LogP contribution in [0, 0.1) is 0 Å². The molecular formula is C6H4Br2N2O2S. The molecule has 0 aliphatic carbocycles. The number of nitrogens with two attached hydrogens (primary N) is 1. The molecule has 0 atom stereocenters. The highest BCUT2D eigenvalue weighted by Crippen LogP contribution is 2.31. The third kappa shape index (κ3) is 2.78. The zero-order valence-electron chi connectivity index (χ0n) is 6.14. The Labute approximate surface area is 94.7 Å². The second-order valence-electron chi connectivity index (χ2n) is 2.06. The lowest BCUT2D eigenvalue weighted by atomic mass is 10.3. The largest absolute Gasteiger partial charge is 0.351 e. The summed E-state index contributed by atoms with van der Waals surface area (Å²) in [4.78, 5) is 21.6. The molecule has 1 aromatic heterocycles. The van der Waals surface area contributed by atoms with Crippen molar-refractivity contribution in [1.29, 1.82) is 0 Å². The number of hydrogen-bond donors (Lipinski definition) is 2. The standard InChI is InChI=1S/C6H4Br2N2O2S/c7-3-1-2(4(8)13-3)5(11)10-6(9)12/h1H,(H3,9,10,11,12). The molecule has 13 heavy (non-hydrogen) atoms. The smallest absolute Gasteiger partial charge is 0.319 e. The van der Waals surface area contributed by atoms with Gasteiger partial charge in [0, 0.05) is 0 Å². The van der Waals surface area contributed by atoms with Crippen molar-refractivity contribution in [2.45, 2.75) is 0 Å². The lowest BCUT2D eigenvalue weighted by Crippen LogP contribution is -2.34. The summed E-state index contributed by atoms with van der Waals surface area (Å²) in [6, 6.07) is 0.742. The molecule has 0 aliphatic rings. The van der Waals surface area contributed by atoms with E-state index in [0.29, 0.717) is 9.35 Å². The van der Waals surface area contributed by atoms with Gasteiger partial charge in [-0.15, -0.1) is 11.3 Å². The van der Waals surface area contributed by atoms with Crippen LogP contribution in [-0.2, 0) is 0 Å². The van der Waals surface area contributed by atoms with Gasteiger partial charge >= 0.3 is 6.03 Å². The van der Waals surface area contributed by atoms with Crippen LogP contribution in [0.15, 0.2) is 13.6 Å². The van der Waals surface area contributed by atoms with Crippen molar-refractivity contribution in [2.24, 2.45) is 5.73 Å². The molecule has 0 fully saturated rings. The van der Waals surface area contributed by atoms with Crippen molar-refractivity contribution < 1.29 is 9.59 Å². The van der Waals surface area contributed by atoms with Crippen molar-refractivity contribution in [3.63, 3.8) is 0 Å². The SMILES string of the molecule is NC(=O)NC(=O)c1cc(Br)sc1Br. The number of urea groups is 1. The van der Waals surface area contributed by atoms with Gasteiger partial charge in [-0.05, 0) is 37.9 Å². The van der Waals surface area contributed by atoms with Crippen LogP contribution in [0.5, 0.6) is 0 Å². The first kappa shape index (κ1) is 10.7. The van der Waals surface area contributed by atoms with E-state index in [-0.39, 0.29) is 0 Å². The molecule has 0 aliphatic heterocycles. The molecule has 70 valence electrons. The van der Waals surface area contributed by atoms with E-state index in [1.54, 1.807) is 6.07 Å². The summed E-state index contributed by atoms with van der Waals surface area (Å²) < 4.78 is 1.45. The number of hydrogen-bond acceptors (Lipinski definition) is 3. The Hall–Kier alpha value is -0.400. The van der Waals surface area contributed by atoms with Crippen molar-refractivity contribution in [2.75, 3.05) is 0 Å².